The monoisotopic (exact) mass is 479 g/mol. The van der Waals surface area contributed by atoms with Gasteiger partial charge < -0.3 is 4.74 Å². The molecule has 160 valence electrons. The number of ether oxygens (including phenoxy) is 1. The number of halogens is 1. The highest BCUT2D eigenvalue weighted by atomic mass is 35.5. The van der Waals surface area contributed by atoms with Crippen molar-refractivity contribution in [2.24, 2.45) is 0 Å². The van der Waals surface area contributed by atoms with Crippen molar-refractivity contribution in [3.63, 3.8) is 0 Å². The van der Waals surface area contributed by atoms with Gasteiger partial charge in [0.2, 0.25) is 0 Å². The molecule has 0 saturated carbocycles. The van der Waals surface area contributed by atoms with Crippen LogP contribution in [0.1, 0.15) is 28.4 Å². The van der Waals surface area contributed by atoms with Crippen LogP contribution < -0.4 is 9.64 Å². The number of carbonyl (C=O) groups is 2. The lowest BCUT2D eigenvalue weighted by Crippen LogP contribution is -2.27. The van der Waals surface area contributed by atoms with Crippen molar-refractivity contribution < 1.29 is 14.3 Å². The summed E-state index contributed by atoms with van der Waals surface area (Å²) in [5.74, 6) is 0.524. The average Bonchev–Trinajstić information content (AvgIpc) is 3.07. The summed E-state index contributed by atoms with van der Waals surface area (Å²) in [7, 11) is 0. The SMILES string of the molecule is CC(=O)c1ccc(N2C(=O)C(=Cc3ccc(OCc4ccc(Cl)cc4)cc3)SC2=S)cc1. The van der Waals surface area contributed by atoms with Crippen LogP contribution in [0.15, 0.2) is 77.7 Å². The van der Waals surface area contributed by atoms with Crippen LogP contribution in [0.3, 0.4) is 0 Å². The van der Waals surface area contributed by atoms with Crippen LogP contribution in [0, 0.1) is 0 Å². The first kappa shape index (κ1) is 22.3. The normalized spacial score (nSPS) is 14.8. The molecule has 0 spiro atoms. The van der Waals surface area contributed by atoms with E-state index >= 15 is 0 Å². The van der Waals surface area contributed by atoms with Gasteiger partial charge >= 0.3 is 0 Å². The van der Waals surface area contributed by atoms with Crippen molar-refractivity contribution in [2.45, 2.75) is 13.5 Å². The lowest BCUT2D eigenvalue weighted by atomic mass is 10.1. The number of nitrogens with zero attached hydrogens (tertiary/aromatic N) is 1. The fraction of sp³-hybridized carbons (Fsp3) is 0.0800. The number of thiocarbonyl (C=S) groups is 1. The van der Waals surface area contributed by atoms with Crippen LogP contribution in [0.4, 0.5) is 5.69 Å². The Hall–Kier alpha value is -2.93. The van der Waals surface area contributed by atoms with E-state index in [9.17, 15) is 9.59 Å². The van der Waals surface area contributed by atoms with E-state index < -0.39 is 0 Å². The third kappa shape index (κ3) is 5.10. The van der Waals surface area contributed by atoms with Gasteiger partial charge in [0.25, 0.3) is 5.91 Å². The van der Waals surface area contributed by atoms with E-state index in [1.165, 1.54) is 23.6 Å². The molecule has 3 aromatic rings. The summed E-state index contributed by atoms with van der Waals surface area (Å²) in [5.41, 5.74) is 3.13. The smallest absolute Gasteiger partial charge is 0.270 e. The number of carbonyl (C=O) groups excluding carboxylic acids is 2. The molecule has 0 atom stereocenters. The number of thioether (sulfide) groups is 1. The van der Waals surface area contributed by atoms with E-state index in [0.717, 1.165) is 16.9 Å². The molecule has 4 rings (SSSR count). The third-order valence-electron chi connectivity index (χ3n) is 4.82. The van der Waals surface area contributed by atoms with E-state index in [1.54, 1.807) is 24.3 Å². The van der Waals surface area contributed by atoms with Gasteiger partial charge in [-0.05, 0) is 72.7 Å². The molecule has 1 heterocycles. The minimum Gasteiger partial charge on any atom is -0.489 e. The summed E-state index contributed by atoms with van der Waals surface area (Å²) < 4.78 is 6.27. The number of hydrogen-bond acceptors (Lipinski definition) is 5. The number of anilines is 1. The molecule has 0 aromatic heterocycles. The quantitative estimate of drug-likeness (QED) is 0.228. The average molecular weight is 480 g/mol. The number of Topliss-reactive ketones (excluding diaryl/α,β-unsaturated/α-hetero) is 1. The molecule has 0 unspecified atom stereocenters. The molecule has 7 heteroatoms. The van der Waals surface area contributed by atoms with E-state index in [4.69, 9.17) is 28.6 Å². The first-order chi connectivity index (χ1) is 15.4. The van der Waals surface area contributed by atoms with E-state index in [-0.39, 0.29) is 11.7 Å². The van der Waals surface area contributed by atoms with Gasteiger partial charge in [-0.15, -0.1) is 0 Å². The minimum atomic E-state index is -0.182. The van der Waals surface area contributed by atoms with Crippen LogP contribution in [-0.2, 0) is 11.4 Å². The van der Waals surface area contributed by atoms with Crippen molar-refractivity contribution in [2.75, 3.05) is 4.90 Å². The highest BCUT2D eigenvalue weighted by Crippen LogP contribution is 2.36. The molecule has 0 N–H and O–H groups in total. The fourth-order valence-corrected chi connectivity index (χ4v) is 4.52. The molecule has 0 aliphatic carbocycles. The maximum absolute atomic E-state index is 12.9. The molecule has 1 aliphatic rings. The molecular weight excluding hydrogens is 462 g/mol. The largest absolute Gasteiger partial charge is 0.489 e. The first-order valence-corrected chi connectivity index (χ1v) is 11.4. The predicted molar refractivity (Wildman–Crippen MR) is 134 cm³/mol. The lowest BCUT2D eigenvalue weighted by molar-refractivity contribution is -0.113. The van der Waals surface area contributed by atoms with Gasteiger partial charge in [-0.25, -0.2) is 0 Å². The maximum Gasteiger partial charge on any atom is 0.270 e. The summed E-state index contributed by atoms with van der Waals surface area (Å²) in [6.07, 6.45) is 1.81. The number of rotatable bonds is 6. The summed E-state index contributed by atoms with van der Waals surface area (Å²) in [5, 5.41) is 0.691. The van der Waals surface area contributed by atoms with Crippen LogP contribution in [0.25, 0.3) is 6.08 Å². The van der Waals surface area contributed by atoms with E-state index in [2.05, 4.69) is 0 Å². The van der Waals surface area contributed by atoms with E-state index in [0.29, 0.717) is 32.1 Å². The van der Waals surface area contributed by atoms with Crippen molar-refractivity contribution in [1.82, 2.24) is 0 Å². The third-order valence-corrected chi connectivity index (χ3v) is 6.38. The Bertz CT molecular complexity index is 1200. The zero-order chi connectivity index (χ0) is 22.7. The molecule has 1 fully saturated rings. The second-order valence-electron chi connectivity index (χ2n) is 7.10. The zero-order valence-electron chi connectivity index (χ0n) is 17.1. The van der Waals surface area contributed by atoms with Gasteiger partial charge in [0, 0.05) is 10.6 Å². The van der Waals surface area contributed by atoms with Crippen molar-refractivity contribution in [3.05, 3.63) is 99.4 Å². The Labute approximate surface area is 200 Å². The summed E-state index contributed by atoms with van der Waals surface area (Å²) in [4.78, 5) is 26.4. The Morgan fingerprint density at radius 1 is 1.03 bits per heavy atom. The highest BCUT2D eigenvalue weighted by molar-refractivity contribution is 8.27. The van der Waals surface area contributed by atoms with Gasteiger partial charge in [0.15, 0.2) is 10.1 Å². The number of benzene rings is 3. The van der Waals surface area contributed by atoms with Crippen LogP contribution in [-0.4, -0.2) is 16.0 Å². The number of hydrogen-bond donors (Lipinski definition) is 0. The van der Waals surface area contributed by atoms with Crippen LogP contribution in [0.5, 0.6) is 5.75 Å². The molecule has 32 heavy (non-hydrogen) atoms. The molecule has 1 aliphatic heterocycles. The Morgan fingerprint density at radius 3 is 2.31 bits per heavy atom. The molecule has 3 aromatic carbocycles. The Balaban J connectivity index is 1.44. The molecule has 1 amide bonds. The maximum atomic E-state index is 12.9. The molecule has 4 nitrogen and oxygen atoms in total. The molecular formula is C25H18ClNO3S2. The fourth-order valence-electron chi connectivity index (χ4n) is 3.09. The number of amides is 1. The van der Waals surface area contributed by atoms with Gasteiger partial charge in [0.1, 0.15) is 12.4 Å². The topological polar surface area (TPSA) is 46.6 Å². The summed E-state index contributed by atoms with van der Waals surface area (Å²) in [6, 6.07) is 21.9. The Morgan fingerprint density at radius 2 is 1.69 bits per heavy atom. The van der Waals surface area contributed by atoms with Gasteiger partial charge in [-0.1, -0.05) is 59.8 Å². The zero-order valence-corrected chi connectivity index (χ0v) is 19.5. The predicted octanol–water partition coefficient (Wildman–Crippen LogP) is 6.53. The highest BCUT2D eigenvalue weighted by Gasteiger charge is 2.33. The number of ketones is 1. The van der Waals surface area contributed by atoms with Crippen molar-refractivity contribution in [3.8, 4) is 5.75 Å². The summed E-state index contributed by atoms with van der Waals surface area (Å²) >= 11 is 12.6. The van der Waals surface area contributed by atoms with Gasteiger partial charge in [0.05, 0.1) is 10.6 Å². The van der Waals surface area contributed by atoms with Gasteiger partial charge in [-0.3, -0.25) is 14.5 Å². The minimum absolute atomic E-state index is 0.0255. The standard InChI is InChI=1S/C25H18ClNO3S2/c1-16(28)19-6-10-21(11-7-19)27-24(29)23(32-25(27)31)14-17-4-12-22(13-5-17)30-15-18-2-8-20(26)9-3-18/h2-14H,15H2,1H3. The van der Waals surface area contributed by atoms with Crippen molar-refractivity contribution >= 4 is 63.4 Å². The van der Waals surface area contributed by atoms with Gasteiger partial charge in [-0.2, -0.15) is 0 Å². The Kier molecular flexibility index (Phi) is 6.74. The van der Waals surface area contributed by atoms with E-state index in [1.807, 2.05) is 54.6 Å². The molecule has 0 bridgehead atoms. The first-order valence-electron chi connectivity index (χ1n) is 9.77. The van der Waals surface area contributed by atoms with Crippen molar-refractivity contribution in [1.29, 1.82) is 0 Å². The molecule has 0 radical (unpaired) electrons. The molecule has 1 saturated heterocycles. The summed E-state index contributed by atoms with van der Waals surface area (Å²) in [6.45, 7) is 1.95. The lowest BCUT2D eigenvalue weighted by Gasteiger charge is -2.14. The second kappa shape index (κ2) is 9.69. The van der Waals surface area contributed by atoms with Crippen LogP contribution >= 0.6 is 35.6 Å². The second-order valence-corrected chi connectivity index (χ2v) is 9.22. The van der Waals surface area contributed by atoms with Crippen LogP contribution in [0.2, 0.25) is 5.02 Å².